The van der Waals surface area contributed by atoms with E-state index in [0.29, 0.717) is 32.1 Å². The van der Waals surface area contributed by atoms with Gasteiger partial charge in [-0.1, -0.05) is 20.8 Å². The molecule has 230 valence electrons. The Bertz CT molecular complexity index is 930. The topological polar surface area (TPSA) is 188 Å². The molecular formula is C30H50O10. The van der Waals surface area contributed by atoms with Crippen LogP contribution >= 0.6 is 0 Å². The van der Waals surface area contributed by atoms with Gasteiger partial charge in [0.15, 0.2) is 0 Å². The van der Waals surface area contributed by atoms with E-state index in [4.69, 9.17) is 4.74 Å². The van der Waals surface area contributed by atoms with Crippen molar-refractivity contribution in [3.05, 3.63) is 0 Å². The Kier molecular flexibility index (Phi) is 8.42. The van der Waals surface area contributed by atoms with Crippen molar-refractivity contribution in [1.29, 1.82) is 0 Å². The second kappa shape index (κ2) is 11.0. The summed E-state index contributed by atoms with van der Waals surface area (Å²) in [6.45, 7) is 5.79. The van der Waals surface area contributed by atoms with Crippen molar-refractivity contribution in [1.82, 2.24) is 0 Å². The van der Waals surface area contributed by atoms with Crippen molar-refractivity contribution in [3.63, 3.8) is 0 Å². The number of aliphatic carboxylic acids is 1. The summed E-state index contributed by atoms with van der Waals surface area (Å²) in [4.78, 5) is 11.3. The van der Waals surface area contributed by atoms with Gasteiger partial charge in [-0.05, 0) is 97.2 Å². The maximum Gasteiger partial charge on any atom is 0.303 e. The monoisotopic (exact) mass is 570 g/mol. The molecule has 1 heterocycles. The largest absolute Gasteiger partial charge is 0.481 e. The van der Waals surface area contributed by atoms with E-state index < -0.39 is 78.2 Å². The minimum Gasteiger partial charge on any atom is -0.481 e. The molecule has 10 nitrogen and oxygen atoms in total. The highest BCUT2D eigenvalue weighted by atomic mass is 16.5. The lowest BCUT2D eigenvalue weighted by atomic mass is 9.40. The van der Waals surface area contributed by atoms with E-state index in [1.165, 1.54) is 0 Å². The highest BCUT2D eigenvalue weighted by Crippen LogP contribution is 2.70. The van der Waals surface area contributed by atoms with Gasteiger partial charge in [-0.3, -0.25) is 4.79 Å². The van der Waals surface area contributed by atoms with Gasteiger partial charge in [0.2, 0.25) is 0 Å². The summed E-state index contributed by atoms with van der Waals surface area (Å²) < 4.78 is 6.07. The molecule has 40 heavy (non-hydrogen) atoms. The Morgan fingerprint density at radius 1 is 0.875 bits per heavy atom. The van der Waals surface area contributed by atoms with Crippen LogP contribution in [-0.2, 0) is 9.53 Å². The minimum absolute atomic E-state index is 0.0357. The van der Waals surface area contributed by atoms with Crippen LogP contribution in [0.5, 0.6) is 0 Å². The van der Waals surface area contributed by atoms with Gasteiger partial charge in [0.05, 0.1) is 31.0 Å². The molecule has 0 aromatic heterocycles. The molecule has 1 aliphatic heterocycles. The first-order valence-corrected chi connectivity index (χ1v) is 15.3. The van der Waals surface area contributed by atoms with Crippen LogP contribution in [0.3, 0.4) is 0 Å². The fourth-order valence-electron chi connectivity index (χ4n) is 10.8. The summed E-state index contributed by atoms with van der Waals surface area (Å²) >= 11 is 0. The molecule has 0 aromatic carbocycles. The standard InChI is InChI=1S/C30H50O10/c1-13(4-7-23(35)36)16-5-6-17-24-18(11-22(34)30(16,17)3)29(2)14(9-20(24)33)8-15(32)10-19(29)28-27(39)26(38)25(37)21(12-31)40-28/h13-22,24-28,31-34,37-39H,4-12H2,1-3H3,(H,35,36)/t13-,14+,15+,16-,17+,18+,19?,20-,21-,22+,24+,25-,26+,27-,28?,29+,30-/m1/s1. The van der Waals surface area contributed by atoms with Crippen LogP contribution in [0, 0.1) is 52.3 Å². The van der Waals surface area contributed by atoms with E-state index in [9.17, 15) is 45.6 Å². The number of carboxylic acids is 1. The lowest BCUT2D eigenvalue weighted by Gasteiger charge is -2.66. The predicted molar refractivity (Wildman–Crippen MR) is 143 cm³/mol. The summed E-state index contributed by atoms with van der Waals surface area (Å²) in [5.41, 5.74) is -1.01. The number of carbonyl (C=O) groups is 1. The van der Waals surface area contributed by atoms with Crippen molar-refractivity contribution >= 4 is 5.97 Å². The maximum absolute atomic E-state index is 11.9. The van der Waals surface area contributed by atoms with Gasteiger partial charge in [0.1, 0.15) is 24.4 Å². The molecule has 4 saturated carbocycles. The second-order valence-electron chi connectivity index (χ2n) is 14.4. The minimum atomic E-state index is -1.51. The maximum atomic E-state index is 11.9. The molecule has 5 rings (SSSR count). The molecule has 0 radical (unpaired) electrons. The van der Waals surface area contributed by atoms with Crippen LogP contribution < -0.4 is 0 Å². The van der Waals surface area contributed by atoms with Crippen LogP contribution in [0.2, 0.25) is 0 Å². The first kappa shape index (κ1) is 30.6. The number of carboxylic acid groups (broad SMARTS) is 1. The lowest BCUT2D eigenvalue weighted by Crippen LogP contribution is -2.68. The summed E-state index contributed by atoms with van der Waals surface area (Å²) in [6, 6.07) is 0. The zero-order valence-corrected chi connectivity index (χ0v) is 23.9. The Morgan fingerprint density at radius 2 is 1.57 bits per heavy atom. The fraction of sp³-hybridized carbons (Fsp3) is 0.967. The lowest BCUT2D eigenvalue weighted by molar-refractivity contribution is -0.283. The van der Waals surface area contributed by atoms with E-state index in [1.54, 1.807) is 0 Å². The van der Waals surface area contributed by atoms with Crippen molar-refractivity contribution in [2.24, 2.45) is 52.3 Å². The highest BCUT2D eigenvalue weighted by Gasteiger charge is 2.68. The highest BCUT2D eigenvalue weighted by molar-refractivity contribution is 5.66. The summed E-state index contributed by atoms with van der Waals surface area (Å²) in [5.74, 6) is -1.32. The van der Waals surface area contributed by atoms with Gasteiger partial charge in [0.25, 0.3) is 0 Å². The van der Waals surface area contributed by atoms with E-state index >= 15 is 0 Å². The Labute approximate surface area is 236 Å². The van der Waals surface area contributed by atoms with Gasteiger partial charge in [0, 0.05) is 6.42 Å². The third-order valence-corrected chi connectivity index (χ3v) is 12.9. The van der Waals surface area contributed by atoms with Crippen molar-refractivity contribution < 1.29 is 50.4 Å². The van der Waals surface area contributed by atoms with Crippen LogP contribution in [0.1, 0.15) is 72.1 Å². The molecule has 0 amide bonds. The van der Waals surface area contributed by atoms with Crippen LogP contribution in [-0.4, -0.2) is 102 Å². The molecule has 17 atom stereocenters. The van der Waals surface area contributed by atoms with E-state index in [0.717, 1.165) is 12.8 Å². The Morgan fingerprint density at radius 3 is 2.23 bits per heavy atom. The first-order chi connectivity index (χ1) is 18.8. The number of hydrogen-bond donors (Lipinski definition) is 8. The van der Waals surface area contributed by atoms with Gasteiger partial charge in [-0.25, -0.2) is 0 Å². The van der Waals surface area contributed by atoms with Crippen LogP contribution in [0.25, 0.3) is 0 Å². The molecule has 0 aromatic rings. The van der Waals surface area contributed by atoms with E-state index in [2.05, 4.69) is 20.8 Å². The SMILES string of the molecule is C[C@H](CCC(=O)O)[C@H]1CC[C@H]2[C@@H]3[C@H](O)C[C@@H]4C[C@H](O)CC(C5O[C@H](CO)[C@@H](O)[C@H](O)[C@H]5O)[C@]4(C)[C@H]3C[C@H](O)[C@]12C. The van der Waals surface area contributed by atoms with Crippen molar-refractivity contribution in [3.8, 4) is 0 Å². The molecule has 10 heteroatoms. The number of aliphatic hydroxyl groups is 7. The van der Waals surface area contributed by atoms with Gasteiger partial charge in [-0.2, -0.15) is 0 Å². The van der Waals surface area contributed by atoms with Crippen molar-refractivity contribution in [2.45, 2.75) is 121 Å². The quantitative estimate of drug-likeness (QED) is 0.224. The fourth-order valence-corrected chi connectivity index (χ4v) is 10.8. The van der Waals surface area contributed by atoms with E-state index in [1.807, 2.05) is 0 Å². The Balaban J connectivity index is 1.49. The zero-order chi connectivity index (χ0) is 29.3. The molecule has 1 saturated heterocycles. The van der Waals surface area contributed by atoms with E-state index in [-0.39, 0.29) is 41.9 Å². The molecular weight excluding hydrogens is 520 g/mol. The van der Waals surface area contributed by atoms with Crippen LogP contribution in [0.4, 0.5) is 0 Å². The average molecular weight is 571 g/mol. The third kappa shape index (κ3) is 4.56. The Hall–Kier alpha value is -0.850. The summed E-state index contributed by atoms with van der Waals surface area (Å²) in [7, 11) is 0. The third-order valence-electron chi connectivity index (χ3n) is 12.9. The molecule has 5 aliphatic rings. The zero-order valence-electron chi connectivity index (χ0n) is 23.9. The molecule has 0 spiro atoms. The number of ether oxygens (including phenoxy) is 1. The van der Waals surface area contributed by atoms with Gasteiger partial charge < -0.3 is 45.6 Å². The number of fused-ring (bicyclic) bond motifs is 5. The second-order valence-corrected chi connectivity index (χ2v) is 14.4. The number of rotatable bonds is 6. The molecule has 0 bridgehead atoms. The molecule has 4 aliphatic carbocycles. The normalized spacial score (nSPS) is 55.1. The summed E-state index contributed by atoms with van der Waals surface area (Å²) in [6.07, 6.45) is -4.31. The smallest absolute Gasteiger partial charge is 0.303 e. The number of aliphatic hydroxyl groups excluding tert-OH is 7. The first-order valence-electron chi connectivity index (χ1n) is 15.3. The van der Waals surface area contributed by atoms with Crippen molar-refractivity contribution in [2.75, 3.05) is 6.61 Å². The molecule has 5 fully saturated rings. The predicted octanol–water partition coefficient (Wildman–Crippen LogP) is 0.517. The summed E-state index contributed by atoms with van der Waals surface area (Å²) in [5, 5.41) is 85.7. The molecule has 2 unspecified atom stereocenters. The number of hydrogen-bond acceptors (Lipinski definition) is 9. The van der Waals surface area contributed by atoms with Gasteiger partial charge >= 0.3 is 5.97 Å². The van der Waals surface area contributed by atoms with Crippen LogP contribution in [0.15, 0.2) is 0 Å². The average Bonchev–Trinajstić information content (AvgIpc) is 3.26. The molecule has 8 N–H and O–H groups in total. The van der Waals surface area contributed by atoms with Gasteiger partial charge in [-0.15, -0.1) is 0 Å².